The second-order valence-corrected chi connectivity index (χ2v) is 10.0. The van der Waals surface area contributed by atoms with E-state index in [1.54, 1.807) is 20.2 Å². The molecule has 0 saturated carbocycles. The van der Waals surface area contributed by atoms with Gasteiger partial charge in [-0.3, -0.25) is 9.52 Å². The summed E-state index contributed by atoms with van der Waals surface area (Å²) in [4.78, 5) is 14.6. The number of nitrogens with one attached hydrogen (secondary N) is 2. The molecule has 0 radical (unpaired) electrons. The quantitative estimate of drug-likeness (QED) is 0.700. The highest BCUT2D eigenvalue weighted by Crippen LogP contribution is 2.27. The molecule has 0 spiro atoms. The third kappa shape index (κ3) is 6.21. The zero-order valence-electron chi connectivity index (χ0n) is 19.2. The molecule has 2 aromatic rings. The molecule has 1 aliphatic rings. The number of sulfonamides is 1. The Balaban J connectivity index is 1.94. The molecular weight excluding hydrogens is 449 g/mol. The first-order chi connectivity index (χ1) is 15.6. The van der Waals surface area contributed by atoms with E-state index in [2.05, 4.69) is 10.0 Å². The highest BCUT2D eigenvalue weighted by Gasteiger charge is 2.26. The summed E-state index contributed by atoms with van der Waals surface area (Å²) in [6.45, 7) is 5.41. The van der Waals surface area contributed by atoms with Crippen LogP contribution in [0, 0.1) is 11.7 Å². The number of benzene rings is 2. The third-order valence-corrected chi connectivity index (χ3v) is 6.96. The zero-order valence-corrected chi connectivity index (χ0v) is 20.0. The van der Waals surface area contributed by atoms with Crippen LogP contribution in [0.1, 0.15) is 24.2 Å². The number of likely N-dealkylation sites (N-methyl/N-ethyl adjacent to an activating group) is 1. The number of nitrogens with zero attached hydrogens (tertiary/aromatic N) is 1. The number of amides is 1. The Morgan fingerprint density at radius 3 is 2.67 bits per heavy atom. The molecule has 0 unspecified atom stereocenters. The van der Waals surface area contributed by atoms with Crippen LogP contribution < -0.4 is 14.8 Å². The van der Waals surface area contributed by atoms with Crippen LogP contribution in [0.5, 0.6) is 5.75 Å². The van der Waals surface area contributed by atoms with Gasteiger partial charge in [0.15, 0.2) is 0 Å². The summed E-state index contributed by atoms with van der Waals surface area (Å²) in [6.07, 6.45) is -0.183. The van der Waals surface area contributed by atoms with E-state index in [1.807, 2.05) is 13.8 Å². The molecule has 10 heteroatoms. The van der Waals surface area contributed by atoms with Gasteiger partial charge in [0.2, 0.25) is 0 Å². The predicted octanol–water partition coefficient (Wildman–Crippen LogP) is 2.72. The molecule has 1 aliphatic heterocycles. The first-order valence-corrected chi connectivity index (χ1v) is 12.2. The van der Waals surface area contributed by atoms with Gasteiger partial charge in [0, 0.05) is 39.0 Å². The van der Waals surface area contributed by atoms with Crippen LogP contribution in [0.3, 0.4) is 0 Å². The lowest BCUT2D eigenvalue weighted by Crippen LogP contribution is -2.44. The van der Waals surface area contributed by atoms with E-state index in [0.717, 1.165) is 12.1 Å². The average molecular weight is 480 g/mol. The largest absolute Gasteiger partial charge is 0.491 e. The number of anilines is 1. The van der Waals surface area contributed by atoms with Crippen molar-refractivity contribution >= 4 is 21.6 Å². The summed E-state index contributed by atoms with van der Waals surface area (Å²) in [7, 11) is -0.769. The lowest BCUT2D eigenvalue weighted by atomic mass is 10.0. The molecule has 2 aromatic carbocycles. The van der Waals surface area contributed by atoms with E-state index in [1.165, 1.54) is 29.2 Å². The van der Waals surface area contributed by atoms with Crippen LogP contribution in [0.2, 0.25) is 0 Å². The standard InChI is InChI=1S/C23H30FN3O5S/c1-15-12-25-16(2)14-32-21-9-8-18(11-20(21)23(28)27(3)13-22(15)31-4)26-33(29,30)19-7-5-6-17(24)10-19/h5-11,15-16,22,25-26H,12-14H2,1-4H3/t15-,16+,22-/m0/s1. The molecule has 0 aliphatic carbocycles. The van der Waals surface area contributed by atoms with Crippen molar-refractivity contribution in [2.75, 3.05) is 38.6 Å². The van der Waals surface area contributed by atoms with Gasteiger partial charge in [0.1, 0.15) is 18.2 Å². The number of carbonyl (C=O) groups is 1. The summed E-state index contributed by atoms with van der Waals surface area (Å²) in [5.41, 5.74) is 0.380. The molecule has 2 N–H and O–H groups in total. The number of ether oxygens (including phenoxy) is 2. The second kappa shape index (κ2) is 10.5. The Hall–Kier alpha value is -2.69. The molecule has 1 amide bonds. The molecule has 33 heavy (non-hydrogen) atoms. The molecular formula is C23H30FN3O5S. The van der Waals surface area contributed by atoms with Gasteiger partial charge < -0.3 is 19.7 Å². The molecule has 0 aromatic heterocycles. The minimum Gasteiger partial charge on any atom is -0.491 e. The summed E-state index contributed by atoms with van der Waals surface area (Å²) in [5, 5.41) is 3.41. The molecule has 3 rings (SSSR count). The van der Waals surface area contributed by atoms with E-state index >= 15 is 0 Å². The van der Waals surface area contributed by atoms with Crippen LogP contribution in [0.25, 0.3) is 0 Å². The van der Waals surface area contributed by atoms with E-state index in [-0.39, 0.29) is 40.1 Å². The summed E-state index contributed by atoms with van der Waals surface area (Å²) < 4.78 is 52.9. The van der Waals surface area contributed by atoms with Crippen LogP contribution in [0.4, 0.5) is 10.1 Å². The summed E-state index contributed by atoms with van der Waals surface area (Å²) >= 11 is 0. The molecule has 0 saturated heterocycles. The second-order valence-electron chi connectivity index (χ2n) is 8.33. The van der Waals surface area contributed by atoms with Gasteiger partial charge >= 0.3 is 0 Å². The Morgan fingerprint density at radius 1 is 1.21 bits per heavy atom. The number of hydrogen-bond donors (Lipinski definition) is 2. The fraction of sp³-hybridized carbons (Fsp3) is 0.435. The van der Waals surface area contributed by atoms with Crippen LogP contribution in [0.15, 0.2) is 47.4 Å². The topological polar surface area (TPSA) is 97.0 Å². The van der Waals surface area contributed by atoms with Crippen molar-refractivity contribution in [3.8, 4) is 5.75 Å². The van der Waals surface area contributed by atoms with Crippen LogP contribution in [-0.4, -0.2) is 65.2 Å². The molecule has 180 valence electrons. The Labute approximate surface area is 194 Å². The lowest BCUT2D eigenvalue weighted by molar-refractivity contribution is 0.0281. The Morgan fingerprint density at radius 2 is 1.97 bits per heavy atom. The maximum absolute atomic E-state index is 13.5. The van der Waals surface area contributed by atoms with Gasteiger partial charge in [-0.15, -0.1) is 0 Å². The minimum atomic E-state index is -4.05. The van der Waals surface area contributed by atoms with Gasteiger partial charge in [-0.1, -0.05) is 13.0 Å². The molecule has 0 bridgehead atoms. The van der Waals surface area contributed by atoms with E-state index in [4.69, 9.17) is 9.47 Å². The number of fused-ring (bicyclic) bond motifs is 1. The fourth-order valence-electron chi connectivity index (χ4n) is 3.57. The van der Waals surface area contributed by atoms with Crippen LogP contribution >= 0.6 is 0 Å². The van der Waals surface area contributed by atoms with E-state index < -0.39 is 15.8 Å². The first kappa shape index (κ1) is 24.9. The maximum Gasteiger partial charge on any atom is 0.261 e. The van der Waals surface area contributed by atoms with Crippen molar-refractivity contribution in [3.05, 3.63) is 53.8 Å². The minimum absolute atomic E-state index is 0.0243. The fourth-order valence-corrected chi connectivity index (χ4v) is 4.65. The van der Waals surface area contributed by atoms with E-state index in [0.29, 0.717) is 25.4 Å². The van der Waals surface area contributed by atoms with Crippen molar-refractivity contribution in [2.24, 2.45) is 5.92 Å². The van der Waals surface area contributed by atoms with Gasteiger partial charge in [0.25, 0.3) is 15.9 Å². The van der Waals surface area contributed by atoms with Crippen molar-refractivity contribution < 1.29 is 27.1 Å². The van der Waals surface area contributed by atoms with Gasteiger partial charge in [-0.05, 0) is 49.2 Å². The average Bonchev–Trinajstić information content (AvgIpc) is 2.78. The number of halogens is 1. The number of rotatable bonds is 4. The molecule has 3 atom stereocenters. The monoisotopic (exact) mass is 479 g/mol. The predicted molar refractivity (Wildman–Crippen MR) is 124 cm³/mol. The highest BCUT2D eigenvalue weighted by atomic mass is 32.2. The van der Waals surface area contributed by atoms with Crippen molar-refractivity contribution in [3.63, 3.8) is 0 Å². The van der Waals surface area contributed by atoms with Crippen molar-refractivity contribution in [2.45, 2.75) is 30.9 Å². The van der Waals surface area contributed by atoms with Gasteiger partial charge in [0.05, 0.1) is 16.6 Å². The number of carbonyl (C=O) groups excluding carboxylic acids is 1. The highest BCUT2D eigenvalue weighted by molar-refractivity contribution is 7.92. The third-order valence-electron chi connectivity index (χ3n) is 5.58. The first-order valence-electron chi connectivity index (χ1n) is 10.7. The normalized spacial score (nSPS) is 22.5. The number of hydrogen-bond acceptors (Lipinski definition) is 6. The smallest absolute Gasteiger partial charge is 0.261 e. The Kier molecular flexibility index (Phi) is 7.93. The SMILES string of the molecule is CO[C@H]1CN(C)C(=O)c2cc(NS(=O)(=O)c3cccc(F)c3)ccc2OC[C@@H](C)NC[C@@H]1C. The van der Waals surface area contributed by atoms with Gasteiger partial charge in [-0.25, -0.2) is 12.8 Å². The molecule has 8 nitrogen and oxygen atoms in total. The van der Waals surface area contributed by atoms with Crippen molar-refractivity contribution in [1.29, 1.82) is 0 Å². The number of methoxy groups -OCH3 is 1. The van der Waals surface area contributed by atoms with Crippen molar-refractivity contribution in [1.82, 2.24) is 10.2 Å². The lowest BCUT2D eigenvalue weighted by Gasteiger charge is -2.30. The molecule has 1 heterocycles. The summed E-state index contributed by atoms with van der Waals surface area (Å²) in [5.74, 6) is -0.495. The van der Waals surface area contributed by atoms with Crippen LogP contribution in [-0.2, 0) is 14.8 Å². The maximum atomic E-state index is 13.5. The zero-order chi connectivity index (χ0) is 24.2. The van der Waals surface area contributed by atoms with Gasteiger partial charge in [-0.2, -0.15) is 0 Å². The van der Waals surface area contributed by atoms with E-state index in [9.17, 15) is 17.6 Å². The molecule has 0 fully saturated rings. The Bertz CT molecular complexity index is 1100. The summed E-state index contributed by atoms with van der Waals surface area (Å²) in [6, 6.07) is 9.22.